The van der Waals surface area contributed by atoms with Crippen molar-refractivity contribution in [3.05, 3.63) is 90.8 Å². The Morgan fingerprint density at radius 3 is 2.59 bits per heavy atom. The Morgan fingerprint density at radius 2 is 1.78 bits per heavy atom. The van der Waals surface area contributed by atoms with Crippen LogP contribution in [0.4, 0.5) is 5.69 Å². The van der Waals surface area contributed by atoms with Crippen molar-refractivity contribution in [3.8, 4) is 17.2 Å². The third-order valence-corrected chi connectivity index (χ3v) is 6.73. The van der Waals surface area contributed by atoms with Gasteiger partial charge in [-0.05, 0) is 48.4 Å². The van der Waals surface area contributed by atoms with Crippen LogP contribution < -0.4 is 19.1 Å². The highest BCUT2D eigenvalue weighted by Crippen LogP contribution is 2.37. The van der Waals surface area contributed by atoms with Gasteiger partial charge in [0.25, 0.3) is 0 Å². The van der Waals surface area contributed by atoms with Crippen LogP contribution in [0.3, 0.4) is 0 Å². The van der Waals surface area contributed by atoms with Crippen LogP contribution in [0.2, 0.25) is 0 Å². The zero-order valence-corrected chi connectivity index (χ0v) is 21.2. The van der Waals surface area contributed by atoms with Gasteiger partial charge in [0, 0.05) is 18.9 Å². The van der Waals surface area contributed by atoms with Crippen molar-refractivity contribution in [2.45, 2.75) is 25.3 Å². The van der Waals surface area contributed by atoms with E-state index in [1.165, 1.54) is 0 Å². The van der Waals surface area contributed by atoms with Gasteiger partial charge in [-0.3, -0.25) is 4.79 Å². The summed E-state index contributed by atoms with van der Waals surface area (Å²) in [6, 6.07) is 21.6. The first-order valence-corrected chi connectivity index (χ1v) is 12.4. The van der Waals surface area contributed by atoms with Crippen LogP contribution in [-0.4, -0.2) is 42.8 Å². The molecule has 1 saturated heterocycles. The summed E-state index contributed by atoms with van der Waals surface area (Å²) in [7, 11) is 3.27. The Kier molecular flexibility index (Phi) is 7.12. The summed E-state index contributed by atoms with van der Waals surface area (Å²) in [5, 5.41) is 0. The van der Waals surface area contributed by atoms with Gasteiger partial charge in [-0.15, -0.1) is 6.58 Å². The molecule has 0 bridgehead atoms. The number of fused-ring (bicyclic) bond motifs is 1. The third-order valence-electron chi connectivity index (χ3n) is 6.73. The predicted octanol–water partition coefficient (Wildman–Crippen LogP) is 5.38. The molecular formula is C30H31N3O4. The second-order valence-corrected chi connectivity index (χ2v) is 9.01. The Labute approximate surface area is 216 Å². The van der Waals surface area contributed by atoms with Crippen LogP contribution in [0.15, 0.2) is 79.4 Å². The van der Waals surface area contributed by atoms with Crippen molar-refractivity contribution in [1.29, 1.82) is 0 Å². The monoisotopic (exact) mass is 497 g/mol. The molecule has 190 valence electrons. The molecule has 1 atom stereocenters. The number of para-hydroxylation sites is 4. The number of benzene rings is 3. The van der Waals surface area contributed by atoms with E-state index in [4.69, 9.17) is 19.2 Å². The standard InChI is InChI=1S/C30H31N3O4/c1-4-9-21-14-15-27(28(18-21)36-3)37-17-16-32-24-11-6-5-10-23(24)31-30(32)22-19-29(34)33(20-22)25-12-7-8-13-26(25)35-2/h4-8,10-15,18,22H,1,9,16-17,19-20H2,2-3H3. The highest BCUT2D eigenvalue weighted by molar-refractivity contribution is 5.97. The van der Waals surface area contributed by atoms with E-state index in [-0.39, 0.29) is 11.8 Å². The SMILES string of the molecule is C=CCc1ccc(OCCn2c(C3CC(=O)N(c4ccccc4OC)C3)nc3ccccc32)c(OC)c1. The summed E-state index contributed by atoms with van der Waals surface area (Å²) in [5.74, 6) is 2.99. The number of nitrogens with zero attached hydrogens (tertiary/aromatic N) is 3. The number of amides is 1. The molecule has 0 aliphatic carbocycles. The summed E-state index contributed by atoms with van der Waals surface area (Å²) in [6.07, 6.45) is 3.03. The molecule has 1 unspecified atom stereocenters. The number of hydrogen-bond donors (Lipinski definition) is 0. The Morgan fingerprint density at radius 1 is 1.00 bits per heavy atom. The lowest BCUT2D eigenvalue weighted by Gasteiger charge is -2.20. The summed E-state index contributed by atoms with van der Waals surface area (Å²) in [6.45, 7) is 5.37. The molecule has 2 heterocycles. The highest BCUT2D eigenvalue weighted by atomic mass is 16.5. The fraction of sp³-hybridized carbons (Fsp3) is 0.267. The molecule has 0 spiro atoms. The number of imidazole rings is 1. The molecule has 0 saturated carbocycles. The molecule has 1 fully saturated rings. The average Bonchev–Trinajstić information content (AvgIpc) is 3.49. The topological polar surface area (TPSA) is 65.8 Å². The molecule has 1 aliphatic heterocycles. The number of aromatic nitrogens is 2. The smallest absolute Gasteiger partial charge is 0.227 e. The molecule has 37 heavy (non-hydrogen) atoms. The molecule has 3 aromatic carbocycles. The normalized spacial score (nSPS) is 15.2. The molecule has 1 amide bonds. The lowest BCUT2D eigenvalue weighted by molar-refractivity contribution is -0.117. The predicted molar refractivity (Wildman–Crippen MR) is 145 cm³/mol. The molecule has 0 radical (unpaired) electrons. The maximum absolute atomic E-state index is 13.1. The van der Waals surface area contributed by atoms with E-state index < -0.39 is 0 Å². The minimum Gasteiger partial charge on any atom is -0.495 e. The van der Waals surface area contributed by atoms with Gasteiger partial charge in [0.05, 0.1) is 37.5 Å². The number of carbonyl (C=O) groups is 1. The van der Waals surface area contributed by atoms with Gasteiger partial charge < -0.3 is 23.7 Å². The van der Waals surface area contributed by atoms with Gasteiger partial charge >= 0.3 is 0 Å². The van der Waals surface area contributed by atoms with Gasteiger partial charge in [0.1, 0.15) is 18.2 Å². The zero-order chi connectivity index (χ0) is 25.8. The van der Waals surface area contributed by atoms with Crippen LogP contribution >= 0.6 is 0 Å². The summed E-state index contributed by atoms with van der Waals surface area (Å²) >= 11 is 0. The number of anilines is 1. The molecule has 7 nitrogen and oxygen atoms in total. The Hall–Kier alpha value is -4.26. The van der Waals surface area contributed by atoms with Crippen molar-refractivity contribution in [1.82, 2.24) is 9.55 Å². The second-order valence-electron chi connectivity index (χ2n) is 9.01. The van der Waals surface area contributed by atoms with Crippen LogP contribution in [0.5, 0.6) is 17.2 Å². The average molecular weight is 498 g/mol. The van der Waals surface area contributed by atoms with Gasteiger partial charge in [-0.1, -0.05) is 36.4 Å². The molecule has 4 aromatic rings. The van der Waals surface area contributed by atoms with E-state index in [0.29, 0.717) is 43.4 Å². The van der Waals surface area contributed by atoms with Gasteiger partial charge in [-0.2, -0.15) is 0 Å². The Bertz CT molecular complexity index is 1430. The van der Waals surface area contributed by atoms with E-state index >= 15 is 0 Å². The third kappa shape index (κ3) is 4.89. The van der Waals surface area contributed by atoms with Crippen molar-refractivity contribution in [3.63, 3.8) is 0 Å². The summed E-state index contributed by atoms with van der Waals surface area (Å²) in [5.41, 5.74) is 3.84. The molecule has 7 heteroatoms. The van der Waals surface area contributed by atoms with Crippen LogP contribution in [-0.2, 0) is 17.8 Å². The molecule has 1 aliphatic rings. The van der Waals surface area contributed by atoms with Crippen molar-refractivity contribution >= 4 is 22.6 Å². The van der Waals surface area contributed by atoms with Crippen molar-refractivity contribution < 1.29 is 19.0 Å². The van der Waals surface area contributed by atoms with Gasteiger partial charge in [-0.25, -0.2) is 4.98 Å². The van der Waals surface area contributed by atoms with E-state index in [2.05, 4.69) is 17.2 Å². The maximum atomic E-state index is 13.1. The number of carbonyl (C=O) groups excluding carboxylic acids is 1. The number of methoxy groups -OCH3 is 2. The molecular weight excluding hydrogens is 466 g/mol. The first-order valence-electron chi connectivity index (χ1n) is 12.4. The quantitative estimate of drug-likeness (QED) is 0.275. The van der Waals surface area contributed by atoms with E-state index in [9.17, 15) is 4.79 Å². The molecule has 0 N–H and O–H groups in total. The largest absolute Gasteiger partial charge is 0.495 e. The fourth-order valence-electron chi connectivity index (χ4n) is 4.98. The minimum absolute atomic E-state index is 0.0439. The van der Waals surface area contributed by atoms with Crippen LogP contribution in [0.25, 0.3) is 11.0 Å². The van der Waals surface area contributed by atoms with Crippen molar-refractivity contribution in [2.75, 3.05) is 32.3 Å². The van der Waals surface area contributed by atoms with Crippen molar-refractivity contribution in [2.24, 2.45) is 0 Å². The maximum Gasteiger partial charge on any atom is 0.227 e. The van der Waals surface area contributed by atoms with Gasteiger partial charge in [0.15, 0.2) is 11.5 Å². The zero-order valence-electron chi connectivity index (χ0n) is 21.2. The van der Waals surface area contributed by atoms with E-state index in [0.717, 1.165) is 34.5 Å². The highest BCUT2D eigenvalue weighted by Gasteiger charge is 2.36. The minimum atomic E-state index is -0.0439. The lowest BCUT2D eigenvalue weighted by atomic mass is 10.1. The van der Waals surface area contributed by atoms with Crippen LogP contribution in [0.1, 0.15) is 23.7 Å². The number of allylic oxidation sites excluding steroid dienone is 1. The fourth-order valence-corrected chi connectivity index (χ4v) is 4.98. The summed E-state index contributed by atoms with van der Waals surface area (Å²) in [4.78, 5) is 19.8. The first kappa shape index (κ1) is 24.4. The number of ether oxygens (including phenoxy) is 3. The second kappa shape index (κ2) is 10.8. The van der Waals surface area contributed by atoms with Gasteiger partial charge in [0.2, 0.25) is 5.91 Å². The molecule has 1 aromatic heterocycles. The number of hydrogen-bond acceptors (Lipinski definition) is 5. The van der Waals surface area contributed by atoms with E-state index in [1.54, 1.807) is 19.1 Å². The summed E-state index contributed by atoms with van der Waals surface area (Å²) < 4.78 is 19.4. The van der Waals surface area contributed by atoms with E-state index in [1.807, 2.05) is 66.7 Å². The number of rotatable bonds is 10. The lowest BCUT2D eigenvalue weighted by Crippen LogP contribution is -2.25. The first-order chi connectivity index (χ1) is 18.1. The Balaban J connectivity index is 1.39. The molecule has 5 rings (SSSR count). The van der Waals surface area contributed by atoms with Crippen LogP contribution in [0, 0.1) is 0 Å².